The van der Waals surface area contributed by atoms with Gasteiger partial charge in [-0.1, -0.05) is 12.1 Å². The Balaban J connectivity index is 2.92. The second-order valence-electron chi connectivity index (χ2n) is 3.56. The van der Waals surface area contributed by atoms with Gasteiger partial charge in [0, 0.05) is 24.5 Å². The maximum Gasteiger partial charge on any atom is 0.261 e. The van der Waals surface area contributed by atoms with Crippen LogP contribution in [-0.4, -0.2) is 36.9 Å². The van der Waals surface area contributed by atoms with Crippen molar-refractivity contribution in [3.8, 4) is 0 Å². The SMILES string of the molecule is CNCCN(C(C)=O)C(=O)c1ccccc1Br. The van der Waals surface area contributed by atoms with E-state index in [1.807, 2.05) is 6.07 Å². The standard InChI is InChI=1S/C12H15BrN2O2/c1-9(16)15(8-7-14-2)12(17)10-5-3-4-6-11(10)13/h3-6,14H,7-8H2,1-2H3. The van der Waals surface area contributed by atoms with E-state index < -0.39 is 0 Å². The number of benzene rings is 1. The summed E-state index contributed by atoms with van der Waals surface area (Å²) in [5.74, 6) is -0.527. The van der Waals surface area contributed by atoms with Crippen LogP contribution in [0.4, 0.5) is 0 Å². The topological polar surface area (TPSA) is 49.4 Å². The van der Waals surface area contributed by atoms with Gasteiger partial charge in [0.15, 0.2) is 0 Å². The lowest BCUT2D eigenvalue weighted by Gasteiger charge is -2.19. The molecule has 0 saturated heterocycles. The average molecular weight is 299 g/mol. The lowest BCUT2D eigenvalue weighted by atomic mass is 10.2. The third-order valence-electron chi connectivity index (χ3n) is 2.31. The highest BCUT2D eigenvalue weighted by molar-refractivity contribution is 9.10. The first-order valence-electron chi connectivity index (χ1n) is 5.29. The van der Waals surface area contributed by atoms with E-state index in [-0.39, 0.29) is 11.8 Å². The Morgan fingerprint density at radius 3 is 2.53 bits per heavy atom. The molecule has 0 aromatic heterocycles. The van der Waals surface area contributed by atoms with Crippen molar-refractivity contribution >= 4 is 27.7 Å². The molecule has 1 aromatic rings. The first-order valence-corrected chi connectivity index (χ1v) is 6.08. The molecule has 0 heterocycles. The molecule has 0 spiro atoms. The molecule has 1 N–H and O–H groups in total. The number of nitrogens with one attached hydrogen (secondary N) is 1. The summed E-state index contributed by atoms with van der Waals surface area (Å²) in [6, 6.07) is 7.08. The molecule has 0 bridgehead atoms. The number of hydrogen-bond acceptors (Lipinski definition) is 3. The largest absolute Gasteiger partial charge is 0.318 e. The van der Waals surface area contributed by atoms with Gasteiger partial charge in [0.05, 0.1) is 5.56 Å². The Morgan fingerprint density at radius 1 is 1.35 bits per heavy atom. The van der Waals surface area contributed by atoms with Gasteiger partial charge in [0.2, 0.25) is 5.91 Å². The summed E-state index contributed by atoms with van der Waals surface area (Å²) in [4.78, 5) is 24.8. The fraction of sp³-hybridized carbons (Fsp3) is 0.333. The van der Waals surface area contributed by atoms with Gasteiger partial charge in [-0.3, -0.25) is 14.5 Å². The quantitative estimate of drug-likeness (QED) is 0.920. The molecule has 4 nitrogen and oxygen atoms in total. The van der Waals surface area contributed by atoms with Gasteiger partial charge in [0.25, 0.3) is 5.91 Å². The maximum atomic E-state index is 12.2. The van der Waals surface area contributed by atoms with Crippen LogP contribution in [0.15, 0.2) is 28.7 Å². The molecule has 92 valence electrons. The number of carbonyl (C=O) groups excluding carboxylic acids is 2. The van der Waals surface area contributed by atoms with E-state index in [0.29, 0.717) is 23.1 Å². The summed E-state index contributed by atoms with van der Waals surface area (Å²) in [5.41, 5.74) is 0.499. The summed E-state index contributed by atoms with van der Waals surface area (Å²) in [5, 5.41) is 2.92. The van der Waals surface area contributed by atoms with Gasteiger partial charge in [-0.25, -0.2) is 0 Å². The summed E-state index contributed by atoms with van der Waals surface area (Å²) < 4.78 is 0.695. The fourth-order valence-corrected chi connectivity index (χ4v) is 1.86. The van der Waals surface area contributed by atoms with Crippen LogP contribution in [-0.2, 0) is 4.79 Å². The lowest BCUT2D eigenvalue weighted by molar-refractivity contribution is -0.126. The Bertz CT molecular complexity index is 421. The van der Waals surface area contributed by atoms with E-state index in [2.05, 4.69) is 21.2 Å². The zero-order chi connectivity index (χ0) is 12.8. The highest BCUT2D eigenvalue weighted by atomic mass is 79.9. The zero-order valence-electron chi connectivity index (χ0n) is 9.87. The van der Waals surface area contributed by atoms with E-state index in [9.17, 15) is 9.59 Å². The third kappa shape index (κ3) is 3.64. The van der Waals surface area contributed by atoms with Gasteiger partial charge >= 0.3 is 0 Å². The van der Waals surface area contributed by atoms with Crippen molar-refractivity contribution in [2.24, 2.45) is 0 Å². The van der Waals surface area contributed by atoms with Crippen LogP contribution in [0, 0.1) is 0 Å². The molecule has 0 fully saturated rings. The predicted octanol–water partition coefficient (Wildman–Crippen LogP) is 1.66. The number of halogens is 1. The van der Waals surface area contributed by atoms with Gasteiger partial charge in [-0.2, -0.15) is 0 Å². The van der Waals surface area contributed by atoms with Gasteiger partial charge < -0.3 is 5.32 Å². The first-order chi connectivity index (χ1) is 8.07. The Labute approximate surface area is 109 Å². The fourth-order valence-electron chi connectivity index (χ4n) is 1.41. The molecular weight excluding hydrogens is 284 g/mol. The van der Waals surface area contributed by atoms with Crippen LogP contribution < -0.4 is 5.32 Å². The zero-order valence-corrected chi connectivity index (χ0v) is 11.5. The molecule has 1 rings (SSSR count). The van der Waals surface area contributed by atoms with Gasteiger partial charge in [-0.15, -0.1) is 0 Å². The Kier molecular flexibility index (Phi) is 5.31. The number of hydrogen-bond donors (Lipinski definition) is 1. The molecule has 0 aliphatic heterocycles. The maximum absolute atomic E-state index is 12.2. The number of rotatable bonds is 4. The summed E-state index contributed by atoms with van der Waals surface area (Å²) in [6.45, 7) is 2.34. The van der Waals surface area contributed by atoms with Crippen molar-refractivity contribution in [3.63, 3.8) is 0 Å². The van der Waals surface area contributed by atoms with Gasteiger partial charge in [-0.05, 0) is 35.1 Å². The highest BCUT2D eigenvalue weighted by Gasteiger charge is 2.20. The van der Waals surface area contributed by atoms with Crippen molar-refractivity contribution in [3.05, 3.63) is 34.3 Å². The average Bonchev–Trinajstić information content (AvgIpc) is 2.29. The first kappa shape index (κ1) is 13.9. The van der Waals surface area contributed by atoms with Crippen LogP contribution in [0.5, 0.6) is 0 Å². The molecule has 0 saturated carbocycles. The van der Waals surface area contributed by atoms with Crippen molar-refractivity contribution in [2.45, 2.75) is 6.92 Å². The normalized spacial score (nSPS) is 10.1. The molecular formula is C12H15BrN2O2. The van der Waals surface area contributed by atoms with E-state index in [1.165, 1.54) is 11.8 Å². The summed E-state index contributed by atoms with van der Waals surface area (Å²) >= 11 is 3.31. The summed E-state index contributed by atoms with van der Waals surface area (Å²) in [7, 11) is 1.78. The van der Waals surface area contributed by atoms with Crippen LogP contribution in [0.25, 0.3) is 0 Å². The van der Waals surface area contributed by atoms with E-state index in [0.717, 1.165) is 0 Å². The van der Waals surface area contributed by atoms with E-state index in [4.69, 9.17) is 0 Å². The number of nitrogens with zero attached hydrogens (tertiary/aromatic N) is 1. The van der Waals surface area contributed by atoms with Crippen molar-refractivity contribution in [1.82, 2.24) is 10.2 Å². The van der Waals surface area contributed by atoms with Crippen LogP contribution >= 0.6 is 15.9 Å². The molecule has 0 aliphatic rings. The van der Waals surface area contributed by atoms with Crippen molar-refractivity contribution in [2.75, 3.05) is 20.1 Å². The number of carbonyl (C=O) groups is 2. The second kappa shape index (κ2) is 6.51. The third-order valence-corrected chi connectivity index (χ3v) is 3.01. The van der Waals surface area contributed by atoms with Gasteiger partial charge in [0.1, 0.15) is 0 Å². The predicted molar refractivity (Wildman–Crippen MR) is 69.8 cm³/mol. The molecule has 0 aliphatic carbocycles. The van der Waals surface area contributed by atoms with Crippen molar-refractivity contribution in [1.29, 1.82) is 0 Å². The molecule has 17 heavy (non-hydrogen) atoms. The number of likely N-dealkylation sites (N-methyl/N-ethyl adjacent to an activating group) is 1. The summed E-state index contributed by atoms with van der Waals surface area (Å²) in [6.07, 6.45) is 0. The molecule has 1 aromatic carbocycles. The van der Waals surface area contributed by atoms with Crippen LogP contribution in [0.1, 0.15) is 17.3 Å². The van der Waals surface area contributed by atoms with Crippen LogP contribution in [0.3, 0.4) is 0 Å². The minimum Gasteiger partial charge on any atom is -0.318 e. The van der Waals surface area contributed by atoms with Crippen LogP contribution in [0.2, 0.25) is 0 Å². The molecule has 2 amide bonds. The van der Waals surface area contributed by atoms with E-state index in [1.54, 1.807) is 25.2 Å². The van der Waals surface area contributed by atoms with E-state index >= 15 is 0 Å². The molecule has 0 atom stereocenters. The second-order valence-corrected chi connectivity index (χ2v) is 4.41. The minimum absolute atomic E-state index is 0.249. The lowest BCUT2D eigenvalue weighted by Crippen LogP contribution is -2.39. The molecule has 5 heteroatoms. The Hall–Kier alpha value is -1.20. The molecule has 0 radical (unpaired) electrons. The molecule has 0 unspecified atom stereocenters. The minimum atomic E-state index is -0.278. The van der Waals surface area contributed by atoms with Crippen molar-refractivity contribution < 1.29 is 9.59 Å². The monoisotopic (exact) mass is 298 g/mol. The number of amides is 2. The Morgan fingerprint density at radius 2 is 2.00 bits per heavy atom. The number of imide groups is 1. The smallest absolute Gasteiger partial charge is 0.261 e. The highest BCUT2D eigenvalue weighted by Crippen LogP contribution is 2.17.